The van der Waals surface area contributed by atoms with Crippen molar-refractivity contribution in [3.05, 3.63) is 59.1 Å². The molecular formula is C21H24ClN5OS. The molecule has 152 valence electrons. The number of anilines is 1. The van der Waals surface area contributed by atoms with Gasteiger partial charge in [0.05, 0.1) is 5.25 Å². The van der Waals surface area contributed by atoms with Crippen LogP contribution < -0.4 is 11.2 Å². The molecule has 8 heteroatoms. The number of thioether (sulfide) groups is 1. The molecule has 0 aliphatic heterocycles. The molecular weight excluding hydrogens is 406 g/mol. The van der Waals surface area contributed by atoms with Gasteiger partial charge in [-0.2, -0.15) is 0 Å². The van der Waals surface area contributed by atoms with Gasteiger partial charge in [0.25, 0.3) is 0 Å². The highest BCUT2D eigenvalue weighted by Gasteiger charge is 2.21. The molecule has 1 aromatic heterocycles. The molecule has 1 heterocycles. The summed E-state index contributed by atoms with van der Waals surface area (Å²) in [5, 5.41) is 11.8. The van der Waals surface area contributed by atoms with Crippen LogP contribution in [0.1, 0.15) is 33.3 Å². The minimum Gasteiger partial charge on any atom is -0.335 e. The third-order valence-electron chi connectivity index (χ3n) is 4.42. The molecule has 0 radical (unpaired) electrons. The van der Waals surface area contributed by atoms with E-state index in [9.17, 15) is 4.79 Å². The van der Waals surface area contributed by atoms with Gasteiger partial charge < -0.3 is 11.2 Å². The van der Waals surface area contributed by atoms with Gasteiger partial charge in [-0.25, -0.2) is 4.68 Å². The monoisotopic (exact) mass is 429 g/mol. The molecule has 6 nitrogen and oxygen atoms in total. The molecule has 0 fully saturated rings. The third kappa shape index (κ3) is 5.10. The van der Waals surface area contributed by atoms with E-state index >= 15 is 0 Å². The Morgan fingerprint density at radius 3 is 2.48 bits per heavy atom. The number of carbonyl (C=O) groups excluding carboxylic acids is 1. The van der Waals surface area contributed by atoms with E-state index in [1.54, 1.807) is 31.2 Å². The van der Waals surface area contributed by atoms with Crippen molar-refractivity contribution < 1.29 is 4.79 Å². The zero-order chi connectivity index (χ0) is 21.2. The molecule has 0 aliphatic rings. The predicted octanol–water partition coefficient (Wildman–Crippen LogP) is 4.73. The molecule has 0 aliphatic carbocycles. The number of hydrogen-bond acceptors (Lipinski definition) is 5. The van der Waals surface area contributed by atoms with E-state index in [1.807, 2.05) is 12.1 Å². The maximum Gasteiger partial charge on any atom is 0.237 e. The van der Waals surface area contributed by atoms with Crippen LogP contribution in [0.4, 0.5) is 5.69 Å². The average molecular weight is 430 g/mol. The Balaban J connectivity index is 1.71. The van der Waals surface area contributed by atoms with Crippen LogP contribution in [0.25, 0.3) is 11.4 Å². The molecule has 1 atom stereocenters. The highest BCUT2D eigenvalue weighted by Crippen LogP contribution is 2.28. The number of benzene rings is 2. The zero-order valence-corrected chi connectivity index (χ0v) is 18.4. The van der Waals surface area contributed by atoms with Crippen LogP contribution in [0.5, 0.6) is 0 Å². The molecule has 3 rings (SSSR count). The first-order chi connectivity index (χ1) is 13.6. The lowest BCUT2D eigenvalue weighted by Gasteiger charge is -2.19. The summed E-state index contributed by atoms with van der Waals surface area (Å²) in [5.74, 6) is 6.58. The Morgan fingerprint density at radius 1 is 1.17 bits per heavy atom. The second-order valence-electron chi connectivity index (χ2n) is 7.76. The topological polar surface area (TPSA) is 85.8 Å². The normalized spacial score (nSPS) is 12.6. The summed E-state index contributed by atoms with van der Waals surface area (Å²) in [6, 6.07) is 15.1. The maximum atomic E-state index is 12.5. The van der Waals surface area contributed by atoms with Crippen LogP contribution >= 0.6 is 23.4 Å². The number of carbonyl (C=O) groups is 1. The minimum atomic E-state index is -0.420. The van der Waals surface area contributed by atoms with Crippen molar-refractivity contribution in [2.24, 2.45) is 0 Å². The smallest absolute Gasteiger partial charge is 0.237 e. The highest BCUT2D eigenvalue weighted by atomic mass is 35.5. The number of aromatic nitrogens is 3. The number of nitrogen functional groups attached to an aromatic ring is 1. The number of nitrogens with two attached hydrogens (primary N) is 1. The van der Waals surface area contributed by atoms with Crippen molar-refractivity contribution in [2.45, 2.75) is 43.5 Å². The number of hydrogen-bond donors (Lipinski definition) is 2. The zero-order valence-electron chi connectivity index (χ0n) is 16.8. The molecule has 0 saturated carbocycles. The van der Waals surface area contributed by atoms with E-state index in [-0.39, 0.29) is 11.3 Å². The second-order valence-corrected chi connectivity index (χ2v) is 9.51. The highest BCUT2D eigenvalue weighted by molar-refractivity contribution is 8.00. The first kappa shape index (κ1) is 21.2. The van der Waals surface area contributed by atoms with Gasteiger partial charge in [-0.3, -0.25) is 4.79 Å². The number of nitrogens with zero attached hydrogens (tertiary/aromatic N) is 3. The molecule has 0 spiro atoms. The lowest BCUT2D eigenvalue weighted by Crippen LogP contribution is -2.23. The molecule has 0 bridgehead atoms. The Labute approximate surface area is 179 Å². The summed E-state index contributed by atoms with van der Waals surface area (Å²) >= 11 is 7.20. The van der Waals surface area contributed by atoms with Crippen LogP contribution in [-0.2, 0) is 10.2 Å². The van der Waals surface area contributed by atoms with Gasteiger partial charge in [0.2, 0.25) is 11.1 Å². The predicted molar refractivity (Wildman–Crippen MR) is 120 cm³/mol. The van der Waals surface area contributed by atoms with E-state index in [0.29, 0.717) is 21.7 Å². The molecule has 1 unspecified atom stereocenters. The van der Waals surface area contributed by atoms with Crippen LogP contribution in [0, 0.1) is 0 Å². The first-order valence-electron chi connectivity index (χ1n) is 9.19. The number of amides is 1. The van der Waals surface area contributed by atoms with Crippen molar-refractivity contribution in [3.63, 3.8) is 0 Å². The molecule has 0 saturated heterocycles. The van der Waals surface area contributed by atoms with E-state index in [4.69, 9.17) is 17.4 Å². The molecule has 2 aromatic carbocycles. The largest absolute Gasteiger partial charge is 0.335 e. The summed E-state index contributed by atoms with van der Waals surface area (Å²) in [7, 11) is 0. The van der Waals surface area contributed by atoms with Crippen molar-refractivity contribution in [1.29, 1.82) is 0 Å². The molecule has 3 N–H and O–H groups in total. The van der Waals surface area contributed by atoms with Crippen molar-refractivity contribution in [1.82, 2.24) is 14.9 Å². The van der Waals surface area contributed by atoms with E-state index < -0.39 is 5.25 Å². The summed E-state index contributed by atoms with van der Waals surface area (Å²) in [5.41, 5.74) is 2.81. The lowest BCUT2D eigenvalue weighted by atomic mass is 9.87. The number of halogens is 1. The van der Waals surface area contributed by atoms with Crippen LogP contribution in [0.2, 0.25) is 5.02 Å². The molecule has 1 amide bonds. The van der Waals surface area contributed by atoms with Gasteiger partial charge in [-0.1, -0.05) is 74.5 Å². The fourth-order valence-corrected chi connectivity index (χ4v) is 3.66. The average Bonchev–Trinajstić information content (AvgIpc) is 3.01. The molecule has 3 aromatic rings. The third-order valence-corrected chi connectivity index (χ3v) is 5.71. The van der Waals surface area contributed by atoms with E-state index in [0.717, 1.165) is 5.56 Å². The fourth-order valence-electron chi connectivity index (χ4n) is 2.70. The number of nitrogens with one attached hydrogen (secondary N) is 1. The summed E-state index contributed by atoms with van der Waals surface area (Å²) in [4.78, 5) is 12.5. The first-order valence-corrected chi connectivity index (χ1v) is 10.5. The second kappa shape index (κ2) is 8.47. The van der Waals surface area contributed by atoms with Crippen LogP contribution in [0.3, 0.4) is 0 Å². The van der Waals surface area contributed by atoms with Crippen molar-refractivity contribution in [3.8, 4) is 11.4 Å². The van der Waals surface area contributed by atoms with Gasteiger partial charge in [0.1, 0.15) is 0 Å². The van der Waals surface area contributed by atoms with Crippen molar-refractivity contribution >= 4 is 35.0 Å². The van der Waals surface area contributed by atoms with E-state index in [1.165, 1.54) is 22.0 Å². The Hall–Kier alpha value is -2.51. The van der Waals surface area contributed by atoms with Crippen molar-refractivity contribution in [2.75, 3.05) is 11.2 Å². The van der Waals surface area contributed by atoms with Gasteiger partial charge >= 0.3 is 0 Å². The Morgan fingerprint density at radius 2 is 1.86 bits per heavy atom. The van der Waals surface area contributed by atoms with Gasteiger partial charge in [-0.15, -0.1) is 10.2 Å². The SMILES string of the molecule is CC(Sc1nnc(-c2ccc(C(C)(C)C)cc2)n1N)C(=O)Nc1cccc(Cl)c1. The lowest BCUT2D eigenvalue weighted by molar-refractivity contribution is -0.115. The van der Waals surface area contributed by atoms with Crippen LogP contribution in [0.15, 0.2) is 53.7 Å². The number of rotatable bonds is 5. The maximum absolute atomic E-state index is 12.5. The summed E-state index contributed by atoms with van der Waals surface area (Å²) < 4.78 is 1.42. The van der Waals surface area contributed by atoms with Gasteiger partial charge in [0.15, 0.2) is 5.82 Å². The standard InChI is InChI=1S/C21H24ClN5OS/c1-13(19(28)24-17-7-5-6-16(22)12-17)29-20-26-25-18(27(20)23)14-8-10-15(11-9-14)21(2,3)4/h5-13H,23H2,1-4H3,(H,24,28). The molecule has 29 heavy (non-hydrogen) atoms. The van der Waals surface area contributed by atoms with Gasteiger partial charge in [0, 0.05) is 16.3 Å². The van der Waals surface area contributed by atoms with E-state index in [2.05, 4.69) is 48.4 Å². The Bertz CT molecular complexity index is 1010. The fraction of sp³-hybridized carbons (Fsp3) is 0.286. The summed E-state index contributed by atoms with van der Waals surface area (Å²) in [6.07, 6.45) is 0. The quantitative estimate of drug-likeness (QED) is 0.452. The van der Waals surface area contributed by atoms with Gasteiger partial charge in [-0.05, 0) is 36.1 Å². The summed E-state index contributed by atoms with van der Waals surface area (Å²) in [6.45, 7) is 8.28. The minimum absolute atomic E-state index is 0.0711. The van der Waals surface area contributed by atoms with Crippen LogP contribution in [-0.4, -0.2) is 26.0 Å². The Kier molecular flexibility index (Phi) is 6.19.